The van der Waals surface area contributed by atoms with Gasteiger partial charge in [0.2, 0.25) is 0 Å². The number of rotatable bonds is 4. The van der Waals surface area contributed by atoms with Gasteiger partial charge in [0.25, 0.3) is 0 Å². The van der Waals surface area contributed by atoms with Crippen LogP contribution in [0.4, 0.5) is 0 Å². The lowest BCUT2D eigenvalue weighted by molar-refractivity contribution is 0.309. The molecule has 0 spiro atoms. The van der Waals surface area contributed by atoms with E-state index < -0.39 is 10.0 Å². The first-order valence-electron chi connectivity index (χ1n) is 4.56. The van der Waals surface area contributed by atoms with E-state index in [9.17, 15) is 0 Å². The monoisotopic (exact) mass is 191 g/mol. The van der Waals surface area contributed by atoms with Crippen molar-refractivity contribution in [1.82, 2.24) is 5.32 Å². The number of hydrogen-bond acceptors (Lipinski definition) is 3. The number of hydrogen-bond donors (Lipinski definition) is 1. The van der Waals surface area contributed by atoms with Gasteiger partial charge in [0.15, 0.2) is 0 Å². The van der Waals surface area contributed by atoms with Crippen molar-refractivity contribution in [2.45, 2.75) is 32.2 Å². The standard InChI is InChI=1S/C6H13N.C2H8O2Si/c1-2-7-6-4-3-5-6;1-3-5-4-2/h6-7H,2-5H2,1H3;5H2,1-2H3. The lowest BCUT2D eigenvalue weighted by atomic mass is 9.93. The van der Waals surface area contributed by atoms with E-state index in [0.29, 0.717) is 0 Å². The smallest absolute Gasteiger partial charge is 0.303 e. The van der Waals surface area contributed by atoms with Gasteiger partial charge in [0.05, 0.1) is 0 Å². The summed E-state index contributed by atoms with van der Waals surface area (Å²) in [6.45, 7) is 3.31. The quantitative estimate of drug-likeness (QED) is 0.654. The molecule has 0 aromatic carbocycles. The summed E-state index contributed by atoms with van der Waals surface area (Å²) < 4.78 is 9.22. The van der Waals surface area contributed by atoms with Crippen LogP contribution in [0.3, 0.4) is 0 Å². The van der Waals surface area contributed by atoms with Crippen LogP contribution in [0, 0.1) is 0 Å². The molecule has 74 valence electrons. The molecule has 1 rings (SSSR count). The van der Waals surface area contributed by atoms with E-state index in [1.165, 1.54) is 19.3 Å². The molecule has 12 heavy (non-hydrogen) atoms. The van der Waals surface area contributed by atoms with Crippen molar-refractivity contribution in [3.05, 3.63) is 0 Å². The summed E-state index contributed by atoms with van der Waals surface area (Å²) in [6.07, 6.45) is 4.26. The molecule has 0 unspecified atom stereocenters. The predicted molar refractivity (Wildman–Crippen MR) is 53.9 cm³/mol. The highest BCUT2D eigenvalue weighted by atomic mass is 28.3. The summed E-state index contributed by atoms with van der Waals surface area (Å²) in [5.41, 5.74) is 0. The summed E-state index contributed by atoms with van der Waals surface area (Å²) in [6, 6.07) is 0.880. The van der Waals surface area contributed by atoms with Crippen LogP contribution >= 0.6 is 0 Å². The summed E-state index contributed by atoms with van der Waals surface area (Å²) >= 11 is 0. The average molecular weight is 191 g/mol. The maximum absolute atomic E-state index is 4.61. The highest BCUT2D eigenvalue weighted by molar-refractivity contribution is 6.17. The zero-order valence-electron chi connectivity index (χ0n) is 8.43. The molecule has 0 bridgehead atoms. The Morgan fingerprint density at radius 1 is 1.33 bits per heavy atom. The molecule has 0 radical (unpaired) electrons. The molecule has 0 aromatic rings. The van der Waals surface area contributed by atoms with Crippen molar-refractivity contribution in [3.8, 4) is 0 Å². The van der Waals surface area contributed by atoms with Gasteiger partial charge in [-0.1, -0.05) is 13.3 Å². The van der Waals surface area contributed by atoms with Gasteiger partial charge in [-0.2, -0.15) is 0 Å². The topological polar surface area (TPSA) is 30.5 Å². The van der Waals surface area contributed by atoms with E-state index in [4.69, 9.17) is 0 Å². The Hall–Kier alpha value is 0.0969. The van der Waals surface area contributed by atoms with Crippen LogP contribution in [0.1, 0.15) is 26.2 Å². The Morgan fingerprint density at radius 2 is 1.92 bits per heavy atom. The minimum Gasteiger partial charge on any atom is -0.402 e. The maximum Gasteiger partial charge on any atom is 0.303 e. The van der Waals surface area contributed by atoms with Crippen LogP contribution in [-0.4, -0.2) is 36.8 Å². The second-order valence-corrected chi connectivity index (χ2v) is 4.27. The van der Waals surface area contributed by atoms with Crippen molar-refractivity contribution in [2.75, 3.05) is 20.8 Å². The molecule has 0 aliphatic heterocycles. The molecule has 4 heteroatoms. The van der Waals surface area contributed by atoms with E-state index in [-0.39, 0.29) is 0 Å². The molecule has 0 aromatic heterocycles. The van der Waals surface area contributed by atoms with E-state index >= 15 is 0 Å². The summed E-state index contributed by atoms with van der Waals surface area (Å²) in [4.78, 5) is 0. The van der Waals surface area contributed by atoms with Crippen LogP contribution in [0.25, 0.3) is 0 Å². The Morgan fingerprint density at radius 3 is 2.00 bits per heavy atom. The van der Waals surface area contributed by atoms with Crippen molar-refractivity contribution < 1.29 is 8.85 Å². The average Bonchev–Trinajstić information content (AvgIpc) is 2.00. The first-order chi connectivity index (χ1) is 5.85. The second kappa shape index (κ2) is 9.19. The van der Waals surface area contributed by atoms with Gasteiger partial charge in [-0.15, -0.1) is 0 Å². The van der Waals surface area contributed by atoms with E-state index in [1.807, 2.05) is 0 Å². The van der Waals surface area contributed by atoms with Crippen molar-refractivity contribution in [3.63, 3.8) is 0 Å². The molecule has 0 amide bonds. The third kappa shape index (κ3) is 6.79. The maximum atomic E-state index is 4.61. The molecule has 1 saturated carbocycles. The SMILES string of the molecule is CCNC1CCC1.CO[SiH2]OC. The zero-order valence-corrected chi connectivity index (χ0v) is 9.84. The second-order valence-electron chi connectivity index (χ2n) is 2.88. The van der Waals surface area contributed by atoms with Crippen LogP contribution in [0.2, 0.25) is 0 Å². The molecule has 1 fully saturated rings. The van der Waals surface area contributed by atoms with Crippen molar-refractivity contribution in [1.29, 1.82) is 0 Å². The molecule has 0 heterocycles. The highest BCUT2D eigenvalue weighted by Crippen LogP contribution is 2.17. The molecule has 0 atom stereocenters. The van der Waals surface area contributed by atoms with Crippen LogP contribution in [0.5, 0.6) is 0 Å². The number of nitrogens with one attached hydrogen (secondary N) is 1. The van der Waals surface area contributed by atoms with Crippen LogP contribution in [0.15, 0.2) is 0 Å². The Bertz CT molecular complexity index is 87.1. The summed E-state index contributed by atoms with van der Waals surface area (Å²) in [5, 5.41) is 3.38. The third-order valence-electron chi connectivity index (χ3n) is 1.83. The molecule has 1 aliphatic carbocycles. The van der Waals surface area contributed by atoms with E-state index in [0.717, 1.165) is 12.6 Å². The van der Waals surface area contributed by atoms with Crippen molar-refractivity contribution in [2.24, 2.45) is 0 Å². The van der Waals surface area contributed by atoms with Gasteiger partial charge in [0.1, 0.15) is 0 Å². The van der Waals surface area contributed by atoms with Crippen LogP contribution < -0.4 is 5.32 Å². The largest absolute Gasteiger partial charge is 0.402 e. The van der Waals surface area contributed by atoms with Gasteiger partial charge < -0.3 is 14.2 Å². The van der Waals surface area contributed by atoms with Gasteiger partial charge in [-0.25, -0.2) is 0 Å². The lowest BCUT2D eigenvalue weighted by Crippen LogP contribution is -2.34. The molecular weight excluding hydrogens is 170 g/mol. The van der Waals surface area contributed by atoms with Gasteiger partial charge >= 0.3 is 10.0 Å². The normalized spacial score (nSPS) is 16.2. The van der Waals surface area contributed by atoms with Gasteiger partial charge in [0, 0.05) is 20.3 Å². The zero-order chi connectivity index (χ0) is 9.23. The predicted octanol–water partition coefficient (Wildman–Crippen LogP) is 0.426. The Balaban J connectivity index is 0.000000217. The minimum atomic E-state index is -0.568. The lowest BCUT2D eigenvalue weighted by Gasteiger charge is -2.25. The highest BCUT2D eigenvalue weighted by Gasteiger charge is 2.14. The fourth-order valence-electron chi connectivity index (χ4n) is 1.02. The molecule has 1 N–H and O–H groups in total. The van der Waals surface area contributed by atoms with E-state index in [1.54, 1.807) is 14.2 Å². The summed E-state index contributed by atoms with van der Waals surface area (Å²) in [5.74, 6) is 0. The fourth-order valence-corrected chi connectivity index (χ4v) is 1.25. The summed E-state index contributed by atoms with van der Waals surface area (Å²) in [7, 11) is 2.73. The Kier molecular flexibility index (Phi) is 9.26. The van der Waals surface area contributed by atoms with E-state index in [2.05, 4.69) is 21.1 Å². The van der Waals surface area contributed by atoms with Gasteiger partial charge in [-0.05, 0) is 19.4 Å². The third-order valence-corrected chi connectivity index (χ3v) is 2.31. The van der Waals surface area contributed by atoms with Crippen molar-refractivity contribution >= 4 is 10.0 Å². The van der Waals surface area contributed by atoms with Crippen LogP contribution in [-0.2, 0) is 8.85 Å². The first-order valence-corrected chi connectivity index (χ1v) is 5.71. The van der Waals surface area contributed by atoms with Gasteiger partial charge in [-0.3, -0.25) is 0 Å². The molecule has 3 nitrogen and oxygen atoms in total. The first kappa shape index (κ1) is 12.1. The molecule has 0 saturated heterocycles. The minimum absolute atomic E-state index is 0.568. The Labute approximate surface area is 77.9 Å². The molecule has 1 aliphatic rings. The molecular formula is C8H21NO2Si. The fraction of sp³-hybridized carbons (Fsp3) is 1.00.